The Morgan fingerprint density at radius 1 is 1.02 bits per heavy atom. The van der Waals surface area contributed by atoms with Gasteiger partial charge in [-0.15, -0.1) is 11.3 Å². The molecule has 218 valence electrons. The molecule has 3 aromatic rings. The summed E-state index contributed by atoms with van der Waals surface area (Å²) in [5.74, 6) is -1.04. The van der Waals surface area contributed by atoms with Gasteiger partial charge in [0, 0.05) is 56.3 Å². The van der Waals surface area contributed by atoms with E-state index in [1.165, 1.54) is 4.88 Å². The molecule has 41 heavy (non-hydrogen) atoms. The van der Waals surface area contributed by atoms with Crippen molar-refractivity contribution in [3.8, 4) is 0 Å². The second kappa shape index (κ2) is 12.9. The number of hydrogen-bond donors (Lipinski definition) is 4. The molecule has 0 spiro atoms. The molecule has 1 aromatic carbocycles. The van der Waals surface area contributed by atoms with Crippen molar-refractivity contribution < 1.29 is 24.5 Å². The number of aliphatic hydroxyl groups is 2. The summed E-state index contributed by atoms with van der Waals surface area (Å²) in [5, 5.41) is 26.0. The lowest BCUT2D eigenvalue weighted by Gasteiger charge is -2.28. The zero-order valence-corrected chi connectivity index (χ0v) is 23.1. The van der Waals surface area contributed by atoms with E-state index in [4.69, 9.17) is 4.74 Å². The number of aliphatic hydroxyl groups excluding tert-OH is 2. The summed E-state index contributed by atoms with van der Waals surface area (Å²) in [4.78, 5) is 58.2. The number of thiophene rings is 1. The number of nitrogens with one attached hydrogen (secondary N) is 2. The second-order valence-electron chi connectivity index (χ2n) is 10.2. The van der Waals surface area contributed by atoms with E-state index in [0.29, 0.717) is 19.6 Å². The van der Waals surface area contributed by atoms with Crippen molar-refractivity contribution in [1.82, 2.24) is 24.7 Å². The van der Waals surface area contributed by atoms with Gasteiger partial charge in [-0.05, 0) is 23.4 Å². The van der Waals surface area contributed by atoms with Gasteiger partial charge in [0.25, 0.3) is 11.5 Å². The molecule has 4 N–H and O–H groups in total. The standard InChI is InChI=1S/C28H33N5O7S/c34-21-9-12-33(28(39)30-21)27-23(36)22(35)24(40-27)25(37)29-20(16-18-6-2-1-3-7-18)26(38)32-11-5-10-31(13-14-32)17-19-8-4-15-41-19/h1-4,6-9,12,15,20,22-24,27,35-36H,5,10-11,13-14,16-17H2,(H,29,37)(H,30,34,39)/t20-,22+,23-,24+,27-/m1/s1. The first-order chi connectivity index (χ1) is 19.8. The maximum absolute atomic E-state index is 13.8. The fourth-order valence-corrected chi connectivity index (χ4v) is 5.98. The molecule has 4 heterocycles. The van der Waals surface area contributed by atoms with Crippen LogP contribution in [0.3, 0.4) is 0 Å². The molecule has 12 nitrogen and oxygen atoms in total. The van der Waals surface area contributed by atoms with Gasteiger partial charge in [0.15, 0.2) is 12.3 Å². The monoisotopic (exact) mass is 583 g/mol. The molecule has 2 fully saturated rings. The van der Waals surface area contributed by atoms with E-state index in [-0.39, 0.29) is 12.3 Å². The van der Waals surface area contributed by atoms with Crippen molar-refractivity contribution in [3.05, 3.63) is 91.4 Å². The van der Waals surface area contributed by atoms with E-state index >= 15 is 0 Å². The van der Waals surface area contributed by atoms with Crippen LogP contribution < -0.4 is 16.6 Å². The topological polar surface area (TPSA) is 157 Å². The number of aromatic amines is 1. The third-order valence-electron chi connectivity index (χ3n) is 7.38. The molecule has 0 bridgehead atoms. The lowest BCUT2D eigenvalue weighted by Crippen LogP contribution is -2.54. The SMILES string of the molecule is O=C(N[C@H](Cc1ccccc1)C(=O)N1CCCN(Cc2cccs2)CC1)[C@H]1O[C@@H](n2ccc(=O)[nH]c2=O)[C@H](O)[C@@H]1O. The van der Waals surface area contributed by atoms with Crippen LogP contribution in [0, 0.1) is 0 Å². The Morgan fingerprint density at radius 2 is 1.83 bits per heavy atom. The number of amides is 2. The fourth-order valence-electron chi connectivity index (χ4n) is 5.23. The van der Waals surface area contributed by atoms with Crippen LogP contribution in [0.4, 0.5) is 0 Å². The highest BCUT2D eigenvalue weighted by molar-refractivity contribution is 7.09. The maximum Gasteiger partial charge on any atom is 0.330 e. The minimum absolute atomic E-state index is 0.217. The fraction of sp³-hybridized carbons (Fsp3) is 0.429. The second-order valence-corrected chi connectivity index (χ2v) is 11.3. The van der Waals surface area contributed by atoms with E-state index < -0.39 is 47.7 Å². The predicted molar refractivity (Wildman–Crippen MR) is 150 cm³/mol. The molecule has 0 unspecified atom stereocenters. The van der Waals surface area contributed by atoms with Crippen LogP contribution in [0.15, 0.2) is 69.7 Å². The summed E-state index contributed by atoms with van der Waals surface area (Å²) in [6.07, 6.45) is -4.14. The van der Waals surface area contributed by atoms with Crippen LogP contribution in [0.1, 0.15) is 23.1 Å². The summed E-state index contributed by atoms with van der Waals surface area (Å²) in [6.45, 7) is 3.41. The average molecular weight is 584 g/mol. The van der Waals surface area contributed by atoms with Gasteiger partial charge >= 0.3 is 5.69 Å². The summed E-state index contributed by atoms with van der Waals surface area (Å²) in [7, 11) is 0. The number of aromatic nitrogens is 2. The van der Waals surface area contributed by atoms with Crippen molar-refractivity contribution in [2.75, 3.05) is 26.2 Å². The first kappa shape index (κ1) is 28.9. The quantitative estimate of drug-likeness (QED) is 0.281. The Kier molecular flexibility index (Phi) is 9.10. The van der Waals surface area contributed by atoms with Crippen LogP contribution >= 0.6 is 11.3 Å². The van der Waals surface area contributed by atoms with Crippen LogP contribution in [-0.2, 0) is 27.3 Å². The van der Waals surface area contributed by atoms with Gasteiger partial charge in [-0.25, -0.2) is 4.79 Å². The van der Waals surface area contributed by atoms with E-state index in [0.717, 1.165) is 41.9 Å². The summed E-state index contributed by atoms with van der Waals surface area (Å²) in [5.41, 5.74) is -0.661. The van der Waals surface area contributed by atoms with Crippen molar-refractivity contribution in [2.45, 2.75) is 50.0 Å². The molecule has 13 heteroatoms. The minimum atomic E-state index is -1.67. The molecule has 2 aliphatic rings. The van der Waals surface area contributed by atoms with Gasteiger partial charge < -0.3 is 25.2 Å². The molecule has 0 radical (unpaired) electrons. The van der Waals surface area contributed by atoms with Gasteiger partial charge in [-0.1, -0.05) is 36.4 Å². The highest BCUT2D eigenvalue weighted by atomic mass is 32.1. The third kappa shape index (κ3) is 6.82. The first-order valence-corrected chi connectivity index (χ1v) is 14.4. The van der Waals surface area contributed by atoms with Crippen LogP contribution in [0.5, 0.6) is 0 Å². The average Bonchev–Trinajstić information content (AvgIpc) is 3.50. The van der Waals surface area contributed by atoms with E-state index in [1.54, 1.807) is 16.2 Å². The van der Waals surface area contributed by atoms with Crippen LogP contribution in [0.25, 0.3) is 0 Å². The van der Waals surface area contributed by atoms with E-state index in [9.17, 15) is 29.4 Å². The molecule has 5 atom stereocenters. The lowest BCUT2D eigenvalue weighted by molar-refractivity contribution is -0.143. The molecule has 0 aliphatic carbocycles. The third-order valence-corrected chi connectivity index (χ3v) is 8.24. The number of hydrogen-bond acceptors (Lipinski definition) is 9. The molecule has 5 rings (SSSR count). The van der Waals surface area contributed by atoms with Crippen LogP contribution in [0.2, 0.25) is 0 Å². The molecule has 0 saturated carbocycles. The van der Waals surface area contributed by atoms with Gasteiger partial charge in [0.05, 0.1) is 0 Å². The van der Waals surface area contributed by atoms with Crippen LogP contribution in [-0.4, -0.2) is 91.9 Å². The number of H-pyrrole nitrogens is 1. The molecular weight excluding hydrogens is 550 g/mol. The maximum atomic E-state index is 13.8. The lowest BCUT2D eigenvalue weighted by atomic mass is 10.0. The molecule has 2 aliphatic heterocycles. The normalized spacial score (nSPS) is 24.1. The van der Waals surface area contributed by atoms with Crippen molar-refractivity contribution in [1.29, 1.82) is 0 Å². The Balaban J connectivity index is 1.29. The Morgan fingerprint density at radius 3 is 2.56 bits per heavy atom. The number of carbonyl (C=O) groups is 2. The Hall–Kier alpha value is -3.62. The van der Waals surface area contributed by atoms with Gasteiger partial charge in [-0.3, -0.25) is 28.8 Å². The Bertz CT molecular complexity index is 1440. The highest BCUT2D eigenvalue weighted by Crippen LogP contribution is 2.28. The van der Waals surface area contributed by atoms with E-state index in [2.05, 4.69) is 21.3 Å². The molecule has 2 amide bonds. The number of rotatable bonds is 8. The summed E-state index contributed by atoms with van der Waals surface area (Å²) < 4.78 is 6.51. The zero-order valence-electron chi connectivity index (χ0n) is 22.3. The van der Waals surface area contributed by atoms with Crippen molar-refractivity contribution >= 4 is 23.2 Å². The molecule has 2 aromatic heterocycles. The van der Waals surface area contributed by atoms with E-state index in [1.807, 2.05) is 41.8 Å². The summed E-state index contributed by atoms with van der Waals surface area (Å²) in [6, 6.07) is 13.5. The number of nitrogens with zero attached hydrogens (tertiary/aromatic N) is 3. The zero-order chi connectivity index (χ0) is 28.9. The Labute approximate surface area is 239 Å². The molecule has 2 saturated heterocycles. The first-order valence-electron chi connectivity index (χ1n) is 13.5. The summed E-state index contributed by atoms with van der Waals surface area (Å²) >= 11 is 1.70. The van der Waals surface area contributed by atoms with Crippen molar-refractivity contribution in [3.63, 3.8) is 0 Å². The van der Waals surface area contributed by atoms with Gasteiger partial charge in [0.1, 0.15) is 18.2 Å². The smallest absolute Gasteiger partial charge is 0.330 e. The van der Waals surface area contributed by atoms with Gasteiger partial charge in [0.2, 0.25) is 5.91 Å². The number of ether oxygens (including phenoxy) is 1. The van der Waals surface area contributed by atoms with Crippen molar-refractivity contribution in [2.24, 2.45) is 0 Å². The molecular formula is C28H33N5O7S. The number of benzene rings is 1. The highest BCUT2D eigenvalue weighted by Gasteiger charge is 2.48. The largest absolute Gasteiger partial charge is 0.387 e. The van der Waals surface area contributed by atoms with Gasteiger partial charge in [-0.2, -0.15) is 0 Å². The number of carbonyl (C=O) groups excluding carboxylic acids is 2. The minimum Gasteiger partial charge on any atom is -0.387 e. The predicted octanol–water partition coefficient (Wildman–Crippen LogP) is -0.321.